The van der Waals surface area contributed by atoms with Crippen LogP contribution in [-0.2, 0) is 14.9 Å². The van der Waals surface area contributed by atoms with Crippen LogP contribution >= 0.6 is 0 Å². The molecule has 20 heavy (non-hydrogen) atoms. The first kappa shape index (κ1) is 16.1. The second-order valence-corrected chi connectivity index (χ2v) is 7.41. The van der Waals surface area contributed by atoms with Gasteiger partial charge in [-0.25, -0.2) is 0 Å². The van der Waals surface area contributed by atoms with Gasteiger partial charge in [0.25, 0.3) is 10.2 Å². The summed E-state index contributed by atoms with van der Waals surface area (Å²) < 4.78 is 34.1. The zero-order valence-corrected chi connectivity index (χ0v) is 12.8. The van der Waals surface area contributed by atoms with Gasteiger partial charge in [0.1, 0.15) is 0 Å². The average molecular weight is 307 g/mol. The van der Waals surface area contributed by atoms with E-state index in [1.54, 1.807) is 0 Å². The molecule has 2 N–H and O–H groups in total. The molecule has 2 aliphatic heterocycles. The van der Waals surface area contributed by atoms with Gasteiger partial charge in [-0.3, -0.25) is 0 Å². The molecule has 2 heterocycles. The number of hydrogen-bond acceptors (Lipinski definition) is 5. The highest BCUT2D eigenvalue weighted by Gasteiger charge is 2.29. The first-order valence-electron chi connectivity index (χ1n) is 7.17. The molecule has 0 spiro atoms. The number of likely N-dealkylation sites (N-methyl/N-ethyl adjacent to an activating group) is 1. The molecule has 2 aliphatic rings. The van der Waals surface area contributed by atoms with E-state index in [-0.39, 0.29) is 18.6 Å². The van der Waals surface area contributed by atoms with E-state index < -0.39 is 10.2 Å². The SMILES string of the molecule is CN1CCOC(CNS(=O)(=O)N2CCCC(CO)C2)C1. The Morgan fingerprint density at radius 1 is 1.35 bits per heavy atom. The molecule has 0 aliphatic carbocycles. The van der Waals surface area contributed by atoms with Gasteiger partial charge in [0.2, 0.25) is 0 Å². The van der Waals surface area contributed by atoms with E-state index in [4.69, 9.17) is 4.74 Å². The molecule has 0 radical (unpaired) electrons. The van der Waals surface area contributed by atoms with Crippen molar-refractivity contribution in [1.29, 1.82) is 0 Å². The van der Waals surface area contributed by atoms with Crippen LogP contribution in [0.1, 0.15) is 12.8 Å². The number of nitrogens with zero attached hydrogens (tertiary/aromatic N) is 2. The van der Waals surface area contributed by atoms with Crippen LogP contribution in [0.25, 0.3) is 0 Å². The van der Waals surface area contributed by atoms with Crippen molar-refractivity contribution < 1.29 is 18.3 Å². The molecule has 8 heteroatoms. The first-order valence-corrected chi connectivity index (χ1v) is 8.61. The third-order valence-corrected chi connectivity index (χ3v) is 5.46. The normalized spacial score (nSPS) is 30.5. The summed E-state index contributed by atoms with van der Waals surface area (Å²) in [6, 6.07) is 0. The lowest BCUT2D eigenvalue weighted by Gasteiger charge is -2.33. The van der Waals surface area contributed by atoms with E-state index in [1.165, 1.54) is 4.31 Å². The lowest BCUT2D eigenvalue weighted by atomic mass is 10.0. The summed E-state index contributed by atoms with van der Waals surface area (Å²) >= 11 is 0. The van der Waals surface area contributed by atoms with Crippen molar-refractivity contribution >= 4 is 10.2 Å². The minimum Gasteiger partial charge on any atom is -0.396 e. The highest BCUT2D eigenvalue weighted by atomic mass is 32.2. The molecule has 2 fully saturated rings. The third kappa shape index (κ3) is 4.37. The number of aliphatic hydroxyl groups is 1. The Labute approximate surface area is 121 Å². The molecule has 0 aromatic carbocycles. The molecule has 0 aromatic rings. The van der Waals surface area contributed by atoms with Crippen molar-refractivity contribution in [3.63, 3.8) is 0 Å². The van der Waals surface area contributed by atoms with Crippen LogP contribution < -0.4 is 4.72 Å². The average Bonchev–Trinajstić information content (AvgIpc) is 2.45. The van der Waals surface area contributed by atoms with Crippen molar-refractivity contribution in [3.8, 4) is 0 Å². The van der Waals surface area contributed by atoms with Crippen LogP contribution in [0.4, 0.5) is 0 Å². The summed E-state index contributed by atoms with van der Waals surface area (Å²) in [5, 5.41) is 9.17. The number of morpholine rings is 1. The molecular weight excluding hydrogens is 282 g/mol. The van der Waals surface area contributed by atoms with E-state index in [2.05, 4.69) is 9.62 Å². The Hall–Kier alpha value is -0.250. The fraction of sp³-hybridized carbons (Fsp3) is 1.00. The molecule has 2 saturated heterocycles. The molecule has 0 saturated carbocycles. The van der Waals surface area contributed by atoms with Gasteiger partial charge < -0.3 is 14.7 Å². The van der Waals surface area contributed by atoms with Gasteiger partial charge in [-0.05, 0) is 25.8 Å². The maximum Gasteiger partial charge on any atom is 0.279 e. The first-order chi connectivity index (χ1) is 9.51. The predicted molar refractivity (Wildman–Crippen MR) is 75.5 cm³/mol. The van der Waals surface area contributed by atoms with Gasteiger partial charge in [-0.15, -0.1) is 0 Å². The summed E-state index contributed by atoms with van der Waals surface area (Å²) in [6.07, 6.45) is 1.59. The van der Waals surface area contributed by atoms with Crippen molar-refractivity contribution in [1.82, 2.24) is 13.9 Å². The molecule has 7 nitrogen and oxygen atoms in total. The van der Waals surface area contributed by atoms with Gasteiger partial charge >= 0.3 is 0 Å². The highest BCUT2D eigenvalue weighted by molar-refractivity contribution is 7.87. The topological polar surface area (TPSA) is 82.1 Å². The van der Waals surface area contributed by atoms with E-state index >= 15 is 0 Å². The minimum absolute atomic E-state index is 0.0442. The number of aliphatic hydroxyl groups excluding tert-OH is 1. The zero-order chi connectivity index (χ0) is 14.6. The fourth-order valence-corrected chi connectivity index (χ4v) is 4.03. The lowest BCUT2D eigenvalue weighted by molar-refractivity contribution is -0.0158. The van der Waals surface area contributed by atoms with Crippen molar-refractivity contribution in [2.75, 3.05) is 53.0 Å². The summed E-state index contributed by atoms with van der Waals surface area (Å²) in [4.78, 5) is 2.13. The Morgan fingerprint density at radius 2 is 2.15 bits per heavy atom. The Balaban J connectivity index is 1.84. The number of nitrogens with one attached hydrogen (secondary N) is 1. The van der Waals surface area contributed by atoms with E-state index in [0.29, 0.717) is 26.2 Å². The maximum atomic E-state index is 12.2. The highest BCUT2D eigenvalue weighted by Crippen LogP contribution is 2.18. The predicted octanol–water partition coefficient (Wildman–Crippen LogP) is -1.14. The molecule has 118 valence electrons. The van der Waals surface area contributed by atoms with Crippen LogP contribution in [0.2, 0.25) is 0 Å². The number of ether oxygens (including phenoxy) is 1. The van der Waals surface area contributed by atoms with Crippen molar-refractivity contribution in [2.45, 2.75) is 18.9 Å². The number of rotatable bonds is 5. The Bertz CT molecular complexity index is 404. The van der Waals surface area contributed by atoms with Crippen molar-refractivity contribution in [3.05, 3.63) is 0 Å². The summed E-state index contributed by atoms with van der Waals surface area (Å²) in [6.45, 7) is 3.53. The van der Waals surface area contributed by atoms with Crippen LogP contribution in [0.3, 0.4) is 0 Å². The molecule has 2 rings (SSSR count). The van der Waals surface area contributed by atoms with Crippen LogP contribution in [0.5, 0.6) is 0 Å². The zero-order valence-electron chi connectivity index (χ0n) is 12.0. The molecular formula is C12H25N3O4S. The number of hydrogen-bond donors (Lipinski definition) is 2. The smallest absolute Gasteiger partial charge is 0.279 e. The van der Waals surface area contributed by atoms with Crippen LogP contribution in [0.15, 0.2) is 0 Å². The van der Waals surface area contributed by atoms with Gasteiger partial charge in [0, 0.05) is 39.3 Å². The minimum atomic E-state index is -3.47. The van der Waals surface area contributed by atoms with Crippen LogP contribution in [-0.4, -0.2) is 81.8 Å². The second kappa shape index (κ2) is 7.15. The maximum absolute atomic E-state index is 12.2. The fourth-order valence-electron chi connectivity index (χ4n) is 2.67. The van der Waals surface area contributed by atoms with Crippen molar-refractivity contribution in [2.24, 2.45) is 5.92 Å². The van der Waals surface area contributed by atoms with Gasteiger partial charge in [0.05, 0.1) is 12.7 Å². The van der Waals surface area contributed by atoms with E-state index in [1.807, 2.05) is 7.05 Å². The standard InChI is InChI=1S/C12H25N3O4S/c1-14-5-6-19-12(9-14)7-13-20(17,18)15-4-2-3-11(8-15)10-16/h11-13,16H,2-10H2,1H3. The summed E-state index contributed by atoms with van der Waals surface area (Å²) in [7, 11) is -1.47. The Morgan fingerprint density at radius 3 is 2.85 bits per heavy atom. The monoisotopic (exact) mass is 307 g/mol. The molecule has 0 amide bonds. The van der Waals surface area contributed by atoms with E-state index in [9.17, 15) is 13.5 Å². The second-order valence-electron chi connectivity index (χ2n) is 5.66. The molecule has 2 unspecified atom stereocenters. The van der Waals surface area contributed by atoms with Gasteiger partial charge in [-0.1, -0.05) is 0 Å². The Kier molecular flexibility index (Phi) is 5.76. The lowest BCUT2D eigenvalue weighted by Crippen LogP contribution is -2.51. The summed E-state index contributed by atoms with van der Waals surface area (Å²) in [5.41, 5.74) is 0. The molecule has 2 atom stereocenters. The largest absolute Gasteiger partial charge is 0.396 e. The van der Waals surface area contributed by atoms with Crippen LogP contribution in [0, 0.1) is 5.92 Å². The summed E-state index contributed by atoms with van der Waals surface area (Å²) in [5.74, 6) is 0.0531. The van der Waals surface area contributed by atoms with Gasteiger partial charge in [-0.2, -0.15) is 17.4 Å². The third-order valence-electron chi connectivity index (χ3n) is 3.92. The quantitative estimate of drug-likeness (QED) is 0.671. The van der Waals surface area contributed by atoms with Gasteiger partial charge in [0.15, 0.2) is 0 Å². The molecule has 0 bridgehead atoms. The van der Waals surface area contributed by atoms with E-state index in [0.717, 1.165) is 25.9 Å². The molecule has 0 aromatic heterocycles. The number of piperidine rings is 1.